The number of aryl methyl sites for hydroxylation is 2. The standard InChI is InChI=1S/C14H18N4O/c1-10-6-17-18(9-10)12(3)7-16-14(19)13-8-15-5-4-11(13)2/h4-6,8-9,12H,7H2,1-3H3,(H,16,19)/t12-/m1/s1. The van der Waals surface area contributed by atoms with Gasteiger partial charge in [-0.05, 0) is 38.0 Å². The van der Waals surface area contributed by atoms with E-state index in [2.05, 4.69) is 15.4 Å². The second kappa shape index (κ2) is 5.65. The first-order valence-electron chi connectivity index (χ1n) is 6.27. The minimum absolute atomic E-state index is 0.0960. The average molecular weight is 258 g/mol. The van der Waals surface area contributed by atoms with Crippen molar-refractivity contribution < 1.29 is 4.79 Å². The lowest BCUT2D eigenvalue weighted by Gasteiger charge is -2.13. The highest BCUT2D eigenvalue weighted by Gasteiger charge is 2.11. The number of nitrogens with zero attached hydrogens (tertiary/aromatic N) is 3. The second-order valence-electron chi connectivity index (χ2n) is 4.75. The molecule has 2 heterocycles. The predicted octanol–water partition coefficient (Wildman–Crippen LogP) is 1.89. The molecule has 0 fully saturated rings. The van der Waals surface area contributed by atoms with Gasteiger partial charge in [-0.25, -0.2) is 0 Å². The maximum absolute atomic E-state index is 12.0. The van der Waals surface area contributed by atoms with Gasteiger partial charge in [-0.15, -0.1) is 0 Å². The number of rotatable bonds is 4. The molecule has 1 atom stereocenters. The Morgan fingerprint density at radius 2 is 2.21 bits per heavy atom. The molecule has 0 saturated heterocycles. The second-order valence-corrected chi connectivity index (χ2v) is 4.75. The Morgan fingerprint density at radius 1 is 1.42 bits per heavy atom. The third-order valence-corrected chi connectivity index (χ3v) is 3.02. The fourth-order valence-corrected chi connectivity index (χ4v) is 1.80. The summed E-state index contributed by atoms with van der Waals surface area (Å²) in [5, 5.41) is 7.14. The molecule has 1 amide bonds. The van der Waals surface area contributed by atoms with Gasteiger partial charge in [0.25, 0.3) is 5.91 Å². The van der Waals surface area contributed by atoms with Crippen molar-refractivity contribution in [1.82, 2.24) is 20.1 Å². The van der Waals surface area contributed by atoms with Gasteiger partial charge in [-0.1, -0.05) is 0 Å². The minimum atomic E-state index is -0.0960. The Labute approximate surface area is 112 Å². The molecule has 0 aliphatic rings. The molecule has 0 unspecified atom stereocenters. The van der Waals surface area contributed by atoms with Crippen LogP contribution in [-0.2, 0) is 0 Å². The van der Waals surface area contributed by atoms with E-state index in [1.165, 1.54) is 0 Å². The Kier molecular flexibility index (Phi) is 3.94. The molecule has 0 aliphatic heterocycles. The van der Waals surface area contributed by atoms with Gasteiger partial charge < -0.3 is 5.32 Å². The molecule has 0 spiro atoms. The van der Waals surface area contributed by atoms with E-state index < -0.39 is 0 Å². The lowest BCUT2D eigenvalue weighted by Crippen LogP contribution is -2.30. The fraction of sp³-hybridized carbons (Fsp3) is 0.357. The molecule has 5 heteroatoms. The molecular weight excluding hydrogens is 240 g/mol. The van der Waals surface area contributed by atoms with Gasteiger partial charge >= 0.3 is 0 Å². The molecule has 100 valence electrons. The van der Waals surface area contributed by atoms with Crippen LogP contribution in [0.1, 0.15) is 34.5 Å². The Balaban J connectivity index is 1.96. The van der Waals surface area contributed by atoms with Gasteiger partial charge in [0.2, 0.25) is 0 Å². The summed E-state index contributed by atoms with van der Waals surface area (Å²) in [4.78, 5) is 16.0. The van der Waals surface area contributed by atoms with E-state index >= 15 is 0 Å². The van der Waals surface area contributed by atoms with Crippen molar-refractivity contribution in [3.63, 3.8) is 0 Å². The molecule has 2 aromatic rings. The Bertz CT molecular complexity index is 576. The Hall–Kier alpha value is -2.17. The SMILES string of the molecule is Cc1cnn([C@H](C)CNC(=O)c2cnccc2C)c1. The highest BCUT2D eigenvalue weighted by molar-refractivity contribution is 5.95. The van der Waals surface area contributed by atoms with E-state index in [1.807, 2.05) is 43.9 Å². The number of pyridine rings is 1. The predicted molar refractivity (Wildman–Crippen MR) is 73.0 cm³/mol. The molecule has 0 aliphatic carbocycles. The summed E-state index contributed by atoms with van der Waals surface area (Å²) >= 11 is 0. The molecule has 0 bridgehead atoms. The summed E-state index contributed by atoms with van der Waals surface area (Å²) in [5.74, 6) is -0.0960. The van der Waals surface area contributed by atoms with Crippen LogP contribution in [0.4, 0.5) is 0 Å². The van der Waals surface area contributed by atoms with Gasteiger partial charge in [0, 0.05) is 25.1 Å². The van der Waals surface area contributed by atoms with Crippen molar-refractivity contribution in [2.45, 2.75) is 26.8 Å². The van der Waals surface area contributed by atoms with E-state index in [-0.39, 0.29) is 11.9 Å². The highest BCUT2D eigenvalue weighted by Crippen LogP contribution is 2.07. The quantitative estimate of drug-likeness (QED) is 0.911. The molecule has 5 nitrogen and oxygen atoms in total. The number of amides is 1. The third-order valence-electron chi connectivity index (χ3n) is 3.02. The molecule has 2 rings (SSSR count). The first-order valence-corrected chi connectivity index (χ1v) is 6.27. The van der Waals surface area contributed by atoms with Crippen LogP contribution in [0.5, 0.6) is 0 Å². The summed E-state index contributed by atoms with van der Waals surface area (Å²) in [6.45, 7) is 6.45. The smallest absolute Gasteiger partial charge is 0.253 e. The third kappa shape index (κ3) is 3.19. The summed E-state index contributed by atoms with van der Waals surface area (Å²) < 4.78 is 1.85. The number of aromatic nitrogens is 3. The first kappa shape index (κ1) is 13.3. The van der Waals surface area contributed by atoms with Crippen molar-refractivity contribution in [2.75, 3.05) is 6.54 Å². The van der Waals surface area contributed by atoms with Gasteiger partial charge in [0.15, 0.2) is 0 Å². The van der Waals surface area contributed by atoms with Crippen molar-refractivity contribution in [1.29, 1.82) is 0 Å². The van der Waals surface area contributed by atoms with E-state index in [9.17, 15) is 4.79 Å². The highest BCUT2D eigenvalue weighted by atomic mass is 16.1. The monoisotopic (exact) mass is 258 g/mol. The van der Waals surface area contributed by atoms with Gasteiger partial charge in [0.05, 0.1) is 17.8 Å². The molecular formula is C14H18N4O. The van der Waals surface area contributed by atoms with Crippen molar-refractivity contribution in [2.24, 2.45) is 0 Å². The largest absolute Gasteiger partial charge is 0.350 e. The zero-order valence-electron chi connectivity index (χ0n) is 11.4. The topological polar surface area (TPSA) is 59.8 Å². The molecule has 2 aromatic heterocycles. The van der Waals surface area contributed by atoms with Crippen LogP contribution in [0, 0.1) is 13.8 Å². The van der Waals surface area contributed by atoms with E-state index in [0.717, 1.165) is 11.1 Å². The summed E-state index contributed by atoms with van der Waals surface area (Å²) in [6, 6.07) is 1.95. The van der Waals surface area contributed by atoms with Crippen molar-refractivity contribution in [3.8, 4) is 0 Å². The molecule has 0 radical (unpaired) electrons. The molecule has 0 aromatic carbocycles. The number of carbonyl (C=O) groups excluding carboxylic acids is 1. The average Bonchev–Trinajstić information content (AvgIpc) is 2.83. The van der Waals surface area contributed by atoms with Crippen LogP contribution in [0.25, 0.3) is 0 Å². The first-order chi connectivity index (χ1) is 9.08. The number of nitrogens with one attached hydrogen (secondary N) is 1. The maximum atomic E-state index is 12.0. The number of carbonyl (C=O) groups is 1. The van der Waals surface area contributed by atoms with Crippen molar-refractivity contribution >= 4 is 5.91 Å². The maximum Gasteiger partial charge on any atom is 0.253 e. The number of hydrogen-bond donors (Lipinski definition) is 1. The van der Waals surface area contributed by atoms with E-state index in [1.54, 1.807) is 12.4 Å². The van der Waals surface area contributed by atoms with Crippen LogP contribution >= 0.6 is 0 Å². The normalized spacial score (nSPS) is 12.2. The summed E-state index contributed by atoms with van der Waals surface area (Å²) in [5.41, 5.74) is 2.66. The molecule has 19 heavy (non-hydrogen) atoms. The van der Waals surface area contributed by atoms with Crippen LogP contribution in [0.3, 0.4) is 0 Å². The summed E-state index contributed by atoms with van der Waals surface area (Å²) in [6.07, 6.45) is 7.05. The number of hydrogen-bond acceptors (Lipinski definition) is 3. The Morgan fingerprint density at radius 3 is 2.84 bits per heavy atom. The van der Waals surface area contributed by atoms with Gasteiger partial charge in [-0.3, -0.25) is 14.5 Å². The van der Waals surface area contributed by atoms with Gasteiger partial charge in [-0.2, -0.15) is 5.10 Å². The molecule has 1 N–H and O–H groups in total. The lowest BCUT2D eigenvalue weighted by molar-refractivity contribution is 0.0947. The van der Waals surface area contributed by atoms with E-state index in [0.29, 0.717) is 12.1 Å². The lowest BCUT2D eigenvalue weighted by atomic mass is 10.1. The zero-order chi connectivity index (χ0) is 13.8. The van der Waals surface area contributed by atoms with Gasteiger partial charge in [0.1, 0.15) is 0 Å². The van der Waals surface area contributed by atoms with Crippen molar-refractivity contribution in [3.05, 3.63) is 47.5 Å². The summed E-state index contributed by atoms with van der Waals surface area (Å²) in [7, 11) is 0. The molecule has 0 saturated carbocycles. The minimum Gasteiger partial charge on any atom is -0.350 e. The van der Waals surface area contributed by atoms with Crippen LogP contribution < -0.4 is 5.32 Å². The van der Waals surface area contributed by atoms with Crippen LogP contribution in [-0.4, -0.2) is 27.2 Å². The van der Waals surface area contributed by atoms with Crippen LogP contribution in [0.15, 0.2) is 30.9 Å². The fourth-order valence-electron chi connectivity index (χ4n) is 1.80. The zero-order valence-corrected chi connectivity index (χ0v) is 11.4. The van der Waals surface area contributed by atoms with Crippen LogP contribution in [0.2, 0.25) is 0 Å². The van der Waals surface area contributed by atoms with E-state index in [4.69, 9.17) is 0 Å².